The maximum Gasteiger partial charge on any atom is 0.326 e. The fourth-order valence-electron chi connectivity index (χ4n) is 6.08. The average molecular weight is 543 g/mol. The standard InChI is InChI=1S/C27H38N6O4S/c1-14(2)37-18-7-8-19(15(3)11-18)33-20-9-10-29-26-22(20)23(32-27(33)36)24(38-26)25(35)31-17-6-5-16(12-17)30-21(34)13-28-4/h7-8,11,14,16-17,20,22,26,28-29H,5-6,9-10,12-13H2,1-4H3,(H,30,34)(H,31,35)(H,32,36)/t16-,17+,20?,22?,26?/m1/s1. The summed E-state index contributed by atoms with van der Waals surface area (Å²) >= 11 is 1.51. The molecule has 0 aromatic heterocycles. The molecule has 2 saturated heterocycles. The molecule has 3 aliphatic heterocycles. The highest BCUT2D eigenvalue weighted by Crippen LogP contribution is 2.48. The van der Waals surface area contributed by atoms with Gasteiger partial charge in [-0.2, -0.15) is 0 Å². The number of carbonyl (C=O) groups excluding carboxylic acids is 3. The van der Waals surface area contributed by atoms with E-state index in [4.69, 9.17) is 4.74 Å². The number of urea groups is 1. The second kappa shape index (κ2) is 11.2. The van der Waals surface area contributed by atoms with Gasteiger partial charge in [-0.25, -0.2) is 4.79 Å². The molecule has 38 heavy (non-hydrogen) atoms. The molecule has 1 aliphatic carbocycles. The number of aryl methyl sites for hydroxylation is 1. The monoisotopic (exact) mass is 542 g/mol. The van der Waals surface area contributed by atoms with Gasteiger partial charge in [0, 0.05) is 29.4 Å². The third-order valence-corrected chi connectivity index (χ3v) is 8.97. The average Bonchev–Trinajstić information content (AvgIpc) is 3.45. The lowest BCUT2D eigenvalue weighted by Crippen LogP contribution is -2.62. The maximum atomic E-state index is 13.5. The lowest BCUT2D eigenvalue weighted by molar-refractivity contribution is -0.120. The second-order valence-corrected chi connectivity index (χ2v) is 12.0. The van der Waals surface area contributed by atoms with Gasteiger partial charge in [0.1, 0.15) is 5.75 Å². The van der Waals surface area contributed by atoms with Crippen LogP contribution >= 0.6 is 11.8 Å². The van der Waals surface area contributed by atoms with Gasteiger partial charge in [-0.1, -0.05) is 11.8 Å². The molecule has 11 heteroatoms. The van der Waals surface area contributed by atoms with Gasteiger partial charge in [0.05, 0.1) is 29.0 Å². The number of ether oxygens (including phenoxy) is 1. The summed E-state index contributed by atoms with van der Waals surface area (Å²) in [5.41, 5.74) is 2.57. The Balaban J connectivity index is 1.31. The van der Waals surface area contributed by atoms with E-state index in [2.05, 4.69) is 26.6 Å². The number of hydrogen-bond acceptors (Lipinski definition) is 7. The molecule has 3 fully saturated rings. The molecule has 10 nitrogen and oxygen atoms in total. The smallest absolute Gasteiger partial charge is 0.326 e. The largest absolute Gasteiger partial charge is 0.491 e. The van der Waals surface area contributed by atoms with Crippen molar-refractivity contribution in [2.24, 2.45) is 5.92 Å². The molecule has 4 aliphatic rings. The first kappa shape index (κ1) is 26.8. The summed E-state index contributed by atoms with van der Waals surface area (Å²) in [5, 5.41) is 15.7. The molecule has 0 radical (unpaired) electrons. The fraction of sp³-hybridized carbons (Fsp3) is 0.593. The summed E-state index contributed by atoms with van der Waals surface area (Å²) in [6, 6.07) is 5.66. The Kier molecular flexibility index (Phi) is 7.88. The van der Waals surface area contributed by atoms with Gasteiger partial charge in [0.25, 0.3) is 5.91 Å². The van der Waals surface area contributed by atoms with E-state index in [1.165, 1.54) is 11.8 Å². The zero-order valence-electron chi connectivity index (χ0n) is 22.4. The van der Waals surface area contributed by atoms with Crippen LogP contribution in [0.15, 0.2) is 28.8 Å². The Bertz CT molecular complexity index is 1140. The summed E-state index contributed by atoms with van der Waals surface area (Å²) < 4.78 is 5.84. The van der Waals surface area contributed by atoms with Crippen molar-refractivity contribution in [2.45, 2.75) is 76.1 Å². The van der Waals surface area contributed by atoms with Gasteiger partial charge in [-0.3, -0.25) is 14.5 Å². The Labute approximate surface area is 228 Å². The van der Waals surface area contributed by atoms with Crippen molar-refractivity contribution in [1.82, 2.24) is 26.6 Å². The first-order valence-corrected chi connectivity index (χ1v) is 14.4. The van der Waals surface area contributed by atoms with Crippen LogP contribution in [-0.2, 0) is 9.59 Å². The van der Waals surface area contributed by atoms with Gasteiger partial charge < -0.3 is 31.3 Å². The van der Waals surface area contributed by atoms with Crippen LogP contribution in [0.4, 0.5) is 10.5 Å². The van der Waals surface area contributed by atoms with Crippen molar-refractivity contribution in [2.75, 3.05) is 25.0 Å². The number of nitrogens with one attached hydrogen (secondary N) is 5. The van der Waals surface area contributed by atoms with Gasteiger partial charge in [-0.05, 0) is 83.8 Å². The minimum Gasteiger partial charge on any atom is -0.491 e. The summed E-state index contributed by atoms with van der Waals surface area (Å²) in [5.74, 6) is 0.602. The van der Waals surface area contributed by atoms with Crippen LogP contribution < -0.4 is 36.2 Å². The van der Waals surface area contributed by atoms with Crippen LogP contribution in [-0.4, -0.2) is 67.6 Å². The predicted octanol–water partition coefficient (Wildman–Crippen LogP) is 1.95. The third kappa shape index (κ3) is 5.37. The van der Waals surface area contributed by atoms with Gasteiger partial charge in [-0.15, -0.1) is 0 Å². The number of nitrogens with zero attached hydrogens (tertiary/aromatic N) is 1. The molecule has 206 valence electrons. The first-order chi connectivity index (χ1) is 18.2. The minimum atomic E-state index is -0.205. The van der Waals surface area contributed by atoms with Crippen LogP contribution in [0, 0.1) is 12.8 Å². The van der Waals surface area contributed by atoms with Crippen LogP contribution in [0.1, 0.15) is 45.1 Å². The number of piperidine rings is 1. The molecule has 3 heterocycles. The molecule has 5 atom stereocenters. The fourth-order valence-corrected chi connectivity index (χ4v) is 7.48. The van der Waals surface area contributed by atoms with Crippen molar-refractivity contribution >= 4 is 35.3 Å². The second-order valence-electron chi connectivity index (χ2n) is 10.8. The number of carbonyl (C=O) groups is 3. The molecule has 4 amide bonds. The zero-order chi connectivity index (χ0) is 27.0. The number of hydrogen-bond donors (Lipinski definition) is 5. The SMILES string of the molecule is CNCC(=O)N[C@@H]1CC[C@H](NC(=O)C2=C3NC(=O)N(c4ccc(OC(C)C)cc4C)C4CCNC(S2)C34)C1. The summed E-state index contributed by atoms with van der Waals surface area (Å²) in [6.07, 6.45) is 3.23. The van der Waals surface area contributed by atoms with E-state index in [1.54, 1.807) is 7.05 Å². The maximum absolute atomic E-state index is 13.5. The Morgan fingerprint density at radius 3 is 2.66 bits per heavy atom. The van der Waals surface area contributed by atoms with E-state index in [1.807, 2.05) is 43.9 Å². The number of anilines is 1. The summed E-state index contributed by atoms with van der Waals surface area (Å²) in [6.45, 7) is 7.03. The highest BCUT2D eigenvalue weighted by Gasteiger charge is 2.52. The van der Waals surface area contributed by atoms with Crippen LogP contribution in [0.25, 0.3) is 0 Å². The van der Waals surface area contributed by atoms with Crippen LogP contribution in [0.5, 0.6) is 5.75 Å². The number of likely N-dealkylation sites (N-methyl/N-ethyl adjacent to an activating group) is 1. The zero-order valence-corrected chi connectivity index (χ0v) is 23.2. The van der Waals surface area contributed by atoms with E-state index in [-0.39, 0.29) is 59.9 Å². The normalized spacial score (nSPS) is 28.3. The van der Waals surface area contributed by atoms with Crippen molar-refractivity contribution in [3.8, 4) is 5.75 Å². The number of benzene rings is 1. The molecule has 5 rings (SSSR count). The van der Waals surface area contributed by atoms with Crippen molar-refractivity contribution < 1.29 is 19.1 Å². The lowest BCUT2D eigenvalue weighted by Gasteiger charge is -2.46. The molecule has 1 aromatic rings. The summed E-state index contributed by atoms with van der Waals surface area (Å²) in [7, 11) is 1.74. The van der Waals surface area contributed by atoms with Crippen LogP contribution in [0.2, 0.25) is 0 Å². The third-order valence-electron chi connectivity index (χ3n) is 7.62. The number of thioether (sulfide) groups is 1. The van der Waals surface area contributed by atoms with Crippen molar-refractivity contribution in [1.29, 1.82) is 0 Å². The number of amides is 4. The molecule has 0 spiro atoms. The van der Waals surface area contributed by atoms with E-state index in [9.17, 15) is 14.4 Å². The Morgan fingerprint density at radius 2 is 1.95 bits per heavy atom. The topological polar surface area (TPSA) is 124 Å². The molecular formula is C27H38N6O4S. The van der Waals surface area contributed by atoms with Gasteiger partial charge in [0.2, 0.25) is 5.91 Å². The minimum absolute atomic E-state index is 0.00431. The molecule has 1 aromatic carbocycles. The van der Waals surface area contributed by atoms with Crippen LogP contribution in [0.3, 0.4) is 0 Å². The van der Waals surface area contributed by atoms with E-state index in [0.29, 0.717) is 11.3 Å². The quantitative estimate of drug-likeness (QED) is 0.340. The van der Waals surface area contributed by atoms with E-state index < -0.39 is 0 Å². The van der Waals surface area contributed by atoms with Gasteiger partial charge >= 0.3 is 6.03 Å². The Hall–Kier alpha value is -2.76. The van der Waals surface area contributed by atoms with E-state index in [0.717, 1.165) is 48.5 Å². The molecule has 3 unspecified atom stereocenters. The molecule has 5 N–H and O–H groups in total. The van der Waals surface area contributed by atoms with Gasteiger partial charge in [0.15, 0.2) is 0 Å². The molecular weight excluding hydrogens is 504 g/mol. The van der Waals surface area contributed by atoms with E-state index >= 15 is 0 Å². The van der Waals surface area contributed by atoms with Crippen molar-refractivity contribution in [3.63, 3.8) is 0 Å². The highest BCUT2D eigenvalue weighted by atomic mass is 32.2. The predicted molar refractivity (Wildman–Crippen MR) is 148 cm³/mol. The van der Waals surface area contributed by atoms with Crippen molar-refractivity contribution in [3.05, 3.63) is 34.4 Å². The highest BCUT2D eigenvalue weighted by molar-refractivity contribution is 8.04. The molecule has 0 bridgehead atoms. The first-order valence-electron chi connectivity index (χ1n) is 13.5. The summed E-state index contributed by atoms with van der Waals surface area (Å²) in [4.78, 5) is 41.3. The molecule has 1 saturated carbocycles. The number of rotatable bonds is 8. The lowest BCUT2D eigenvalue weighted by atomic mass is 9.86. The Morgan fingerprint density at radius 1 is 1.18 bits per heavy atom.